The molecule has 0 saturated carbocycles. The third-order valence-electron chi connectivity index (χ3n) is 4.74. The molecule has 3 rings (SSSR count). The van der Waals surface area contributed by atoms with Crippen molar-refractivity contribution in [1.29, 1.82) is 0 Å². The zero-order valence-corrected chi connectivity index (χ0v) is 18.0. The lowest BCUT2D eigenvalue weighted by Crippen LogP contribution is -2.39. The number of nitrogens with one attached hydrogen (secondary N) is 1. The molecule has 0 radical (unpaired) electrons. The number of rotatable bonds is 6. The highest BCUT2D eigenvalue weighted by Crippen LogP contribution is 2.38. The zero-order valence-electron chi connectivity index (χ0n) is 16.3. The predicted octanol–water partition coefficient (Wildman–Crippen LogP) is 3.37. The van der Waals surface area contributed by atoms with Gasteiger partial charge in [-0.1, -0.05) is 0 Å². The lowest BCUT2D eigenvalue weighted by atomic mass is 10.0. The quantitative estimate of drug-likeness (QED) is 0.641. The van der Waals surface area contributed by atoms with Gasteiger partial charge in [-0.3, -0.25) is 14.6 Å². The highest BCUT2D eigenvalue weighted by atomic mass is 32.2. The van der Waals surface area contributed by atoms with Gasteiger partial charge in [-0.15, -0.1) is 0 Å². The summed E-state index contributed by atoms with van der Waals surface area (Å²) in [6.45, 7) is 5.72. The Balaban J connectivity index is 1.75. The molecule has 0 spiro atoms. The summed E-state index contributed by atoms with van der Waals surface area (Å²) in [5.41, 5.74) is -2.74. The zero-order chi connectivity index (χ0) is 22.2. The Hall–Kier alpha value is -2.02. The van der Waals surface area contributed by atoms with Crippen LogP contribution in [0.1, 0.15) is 19.4 Å². The number of halogens is 3. The van der Waals surface area contributed by atoms with Crippen molar-refractivity contribution < 1.29 is 21.6 Å². The van der Waals surface area contributed by atoms with E-state index in [0.29, 0.717) is 31.0 Å². The van der Waals surface area contributed by atoms with Gasteiger partial charge in [0.25, 0.3) is 10.2 Å². The molecule has 1 saturated heterocycles. The average molecular weight is 462 g/mol. The first-order valence-electron chi connectivity index (χ1n) is 8.92. The van der Waals surface area contributed by atoms with Gasteiger partial charge < -0.3 is 4.90 Å². The van der Waals surface area contributed by atoms with Gasteiger partial charge in [-0.2, -0.15) is 21.6 Å². The number of nitrogens with two attached hydrogens (primary N) is 1. The molecule has 164 valence electrons. The van der Waals surface area contributed by atoms with Gasteiger partial charge in [0.05, 0.1) is 18.6 Å². The Kier molecular flexibility index (Phi) is 6.23. The molecule has 12 heteroatoms. The number of aromatic nitrogens is 1. The van der Waals surface area contributed by atoms with Crippen LogP contribution in [0, 0.1) is 0 Å². The minimum atomic E-state index is -4.32. The number of nitrogens with zero attached hydrogens (tertiary/aromatic N) is 3. The maximum absolute atomic E-state index is 12.5. The minimum Gasteiger partial charge on any atom is -0.357 e. The van der Waals surface area contributed by atoms with Crippen molar-refractivity contribution in [3.8, 4) is 0 Å². The maximum atomic E-state index is 12.5. The fraction of sp³-hybridized carbons (Fsp3) is 0.389. The highest BCUT2D eigenvalue weighted by Gasteiger charge is 2.37. The molecule has 3 N–H and O–H groups in total. The largest absolute Gasteiger partial charge is 0.446 e. The van der Waals surface area contributed by atoms with E-state index in [2.05, 4.69) is 33.4 Å². The summed E-state index contributed by atoms with van der Waals surface area (Å²) in [5, 5.41) is 5.09. The molecule has 1 fully saturated rings. The number of alkyl halides is 3. The Morgan fingerprint density at radius 1 is 1.23 bits per heavy atom. The monoisotopic (exact) mass is 461 g/mol. The molecular formula is C18H22F3N5O2S2. The van der Waals surface area contributed by atoms with Gasteiger partial charge in [-0.25, -0.2) is 5.14 Å². The molecule has 2 aromatic rings. The third-order valence-corrected chi connectivity index (χ3v) is 5.98. The maximum Gasteiger partial charge on any atom is 0.446 e. The molecule has 0 amide bonds. The van der Waals surface area contributed by atoms with Crippen LogP contribution in [0.15, 0.2) is 47.6 Å². The number of hydrogen-bond acceptors (Lipinski definition) is 6. The number of anilines is 2. The van der Waals surface area contributed by atoms with E-state index in [1.807, 2.05) is 0 Å². The summed E-state index contributed by atoms with van der Waals surface area (Å²) < 4.78 is 62.7. The summed E-state index contributed by atoms with van der Waals surface area (Å²) in [6, 6.07) is 7.98. The van der Waals surface area contributed by atoms with Crippen LogP contribution < -0.4 is 14.8 Å². The summed E-state index contributed by atoms with van der Waals surface area (Å²) in [5.74, 6) is 0. The second kappa shape index (κ2) is 8.25. The number of hydrogen-bond donors (Lipinski definition) is 2. The van der Waals surface area contributed by atoms with Crippen molar-refractivity contribution >= 4 is 33.3 Å². The molecule has 1 aliphatic heterocycles. The van der Waals surface area contributed by atoms with Crippen molar-refractivity contribution in [3.63, 3.8) is 0 Å². The summed E-state index contributed by atoms with van der Waals surface area (Å²) in [7, 11) is -3.93. The third kappa shape index (κ3) is 6.00. The molecule has 0 unspecified atom stereocenters. The standard InChI is InChI=1S/C18H22F3N5O2S2/c1-17(2)11-25(14-3-5-15(6-4-14)29-18(19,20)21)12-26(17)10-13-7-8-23-9-16(13)24-30(22,27)28/h3-9,24H,10-12H2,1-2H3,(H2,22,27,28). The smallest absolute Gasteiger partial charge is 0.357 e. The molecule has 1 aromatic carbocycles. The van der Waals surface area contributed by atoms with E-state index < -0.39 is 15.7 Å². The van der Waals surface area contributed by atoms with E-state index in [9.17, 15) is 21.6 Å². The van der Waals surface area contributed by atoms with Crippen LogP contribution in [0.25, 0.3) is 0 Å². The molecule has 1 aliphatic rings. The Morgan fingerprint density at radius 2 is 1.90 bits per heavy atom. The van der Waals surface area contributed by atoms with Crippen LogP contribution in [0.4, 0.5) is 24.5 Å². The van der Waals surface area contributed by atoms with Gasteiger partial charge in [0.15, 0.2) is 0 Å². The van der Waals surface area contributed by atoms with Crippen LogP contribution in [0.3, 0.4) is 0 Å². The van der Waals surface area contributed by atoms with Gasteiger partial charge >= 0.3 is 5.51 Å². The highest BCUT2D eigenvalue weighted by molar-refractivity contribution is 8.00. The fourth-order valence-corrected chi connectivity index (χ4v) is 4.35. The lowest BCUT2D eigenvalue weighted by molar-refractivity contribution is -0.0328. The normalized spacial score (nSPS) is 17.3. The van der Waals surface area contributed by atoms with E-state index in [4.69, 9.17) is 5.14 Å². The van der Waals surface area contributed by atoms with Crippen molar-refractivity contribution in [3.05, 3.63) is 48.3 Å². The first-order valence-corrected chi connectivity index (χ1v) is 11.3. The number of pyridine rings is 1. The van der Waals surface area contributed by atoms with E-state index >= 15 is 0 Å². The molecular weight excluding hydrogens is 439 g/mol. The first kappa shape index (κ1) is 22.7. The second-order valence-corrected chi connectivity index (χ2v) is 10.0. The molecule has 0 aliphatic carbocycles. The Bertz CT molecular complexity index is 998. The van der Waals surface area contributed by atoms with E-state index in [1.165, 1.54) is 18.3 Å². The van der Waals surface area contributed by atoms with Crippen LogP contribution in [0.5, 0.6) is 0 Å². The lowest BCUT2D eigenvalue weighted by Gasteiger charge is -2.30. The molecule has 0 atom stereocenters. The van der Waals surface area contributed by atoms with Gasteiger partial charge in [0, 0.05) is 35.4 Å². The number of thioether (sulfide) groups is 1. The topological polar surface area (TPSA) is 91.6 Å². The van der Waals surface area contributed by atoms with Crippen molar-refractivity contribution in [2.45, 2.75) is 36.3 Å². The SMILES string of the molecule is CC1(C)CN(c2ccc(SC(F)(F)F)cc2)CN1Cc1ccncc1NS(N)(=O)=O. The van der Waals surface area contributed by atoms with Crippen molar-refractivity contribution in [2.24, 2.45) is 5.14 Å². The van der Waals surface area contributed by atoms with Crippen LogP contribution in [-0.4, -0.2) is 42.6 Å². The van der Waals surface area contributed by atoms with Crippen molar-refractivity contribution in [1.82, 2.24) is 9.88 Å². The molecule has 7 nitrogen and oxygen atoms in total. The first-order chi connectivity index (χ1) is 13.8. The summed E-state index contributed by atoms with van der Waals surface area (Å²) in [6.07, 6.45) is 2.97. The summed E-state index contributed by atoms with van der Waals surface area (Å²) >= 11 is -0.141. The van der Waals surface area contributed by atoms with Gasteiger partial charge in [0.1, 0.15) is 0 Å². The van der Waals surface area contributed by atoms with Gasteiger partial charge in [0.2, 0.25) is 0 Å². The predicted molar refractivity (Wildman–Crippen MR) is 111 cm³/mol. The minimum absolute atomic E-state index is 0.136. The fourth-order valence-electron chi connectivity index (χ4n) is 3.32. The van der Waals surface area contributed by atoms with Crippen LogP contribution in [-0.2, 0) is 16.8 Å². The Morgan fingerprint density at radius 3 is 2.50 bits per heavy atom. The molecule has 2 heterocycles. The average Bonchev–Trinajstić information content (AvgIpc) is 2.89. The van der Waals surface area contributed by atoms with E-state index in [-0.39, 0.29) is 22.2 Å². The Labute approximate surface area is 177 Å². The van der Waals surface area contributed by atoms with E-state index in [1.54, 1.807) is 24.4 Å². The van der Waals surface area contributed by atoms with Crippen molar-refractivity contribution in [2.75, 3.05) is 22.8 Å². The second-order valence-electron chi connectivity index (χ2n) is 7.57. The van der Waals surface area contributed by atoms with E-state index in [0.717, 1.165) is 5.69 Å². The molecule has 0 bridgehead atoms. The molecule has 1 aromatic heterocycles. The van der Waals surface area contributed by atoms with Crippen LogP contribution in [0.2, 0.25) is 0 Å². The van der Waals surface area contributed by atoms with Crippen LogP contribution >= 0.6 is 11.8 Å². The molecule has 30 heavy (non-hydrogen) atoms. The number of benzene rings is 1. The summed E-state index contributed by atoms with van der Waals surface area (Å²) in [4.78, 5) is 8.29. The van der Waals surface area contributed by atoms with Gasteiger partial charge in [-0.05, 0) is 61.5 Å².